The Kier molecular flexibility index (Phi) is 5.96. The van der Waals surface area contributed by atoms with E-state index in [0.29, 0.717) is 42.0 Å². The maximum absolute atomic E-state index is 12.9. The topological polar surface area (TPSA) is 100 Å². The van der Waals surface area contributed by atoms with Gasteiger partial charge in [0.05, 0.1) is 17.7 Å². The number of hydrogen-bond acceptors (Lipinski definition) is 6. The molecule has 32 heavy (non-hydrogen) atoms. The van der Waals surface area contributed by atoms with Crippen molar-refractivity contribution in [2.45, 2.75) is 13.0 Å². The standard InChI is InChI=1S/C24H24N2O6/c1-25(2)11-12-31-17-7-8-19-18-9-10-26(14-20(18)24(30)32-21(19)13-17)22(27)15-3-5-16(6-4-15)23(28)29/h3-8,13H,9-12,14H2,1-2H3,(H,28,29). The van der Waals surface area contributed by atoms with E-state index in [2.05, 4.69) is 0 Å². The lowest BCUT2D eigenvalue weighted by molar-refractivity contribution is 0.0692. The first-order chi connectivity index (χ1) is 15.3. The summed E-state index contributed by atoms with van der Waals surface area (Å²) in [6.07, 6.45) is 0.525. The van der Waals surface area contributed by atoms with Gasteiger partial charge in [0.25, 0.3) is 5.91 Å². The molecular formula is C24H24N2O6. The third-order valence-electron chi connectivity index (χ3n) is 5.55. The van der Waals surface area contributed by atoms with Gasteiger partial charge in [-0.15, -0.1) is 0 Å². The summed E-state index contributed by atoms with van der Waals surface area (Å²) < 4.78 is 11.3. The number of benzene rings is 2. The second-order valence-corrected chi connectivity index (χ2v) is 8.02. The van der Waals surface area contributed by atoms with E-state index in [9.17, 15) is 14.4 Å². The average Bonchev–Trinajstić information content (AvgIpc) is 2.78. The van der Waals surface area contributed by atoms with Crippen molar-refractivity contribution in [2.75, 3.05) is 33.8 Å². The molecule has 8 heteroatoms. The summed E-state index contributed by atoms with van der Waals surface area (Å²) in [5.74, 6) is -0.664. The van der Waals surface area contributed by atoms with Gasteiger partial charge in [0.15, 0.2) is 0 Å². The van der Waals surface area contributed by atoms with Crippen LogP contribution >= 0.6 is 0 Å². The van der Waals surface area contributed by atoms with E-state index in [1.54, 1.807) is 11.0 Å². The Labute approximate surface area is 184 Å². The molecular weight excluding hydrogens is 412 g/mol. The first kappa shape index (κ1) is 21.6. The summed E-state index contributed by atoms with van der Waals surface area (Å²) >= 11 is 0. The molecule has 2 aromatic carbocycles. The minimum Gasteiger partial charge on any atom is -0.492 e. The molecule has 0 radical (unpaired) electrons. The van der Waals surface area contributed by atoms with E-state index >= 15 is 0 Å². The summed E-state index contributed by atoms with van der Waals surface area (Å²) in [5, 5.41) is 9.87. The summed E-state index contributed by atoms with van der Waals surface area (Å²) in [4.78, 5) is 40.2. The van der Waals surface area contributed by atoms with Gasteiger partial charge in [-0.25, -0.2) is 9.59 Å². The average molecular weight is 436 g/mol. The van der Waals surface area contributed by atoms with Gasteiger partial charge in [0.2, 0.25) is 0 Å². The zero-order chi connectivity index (χ0) is 22.8. The maximum atomic E-state index is 12.9. The highest BCUT2D eigenvalue weighted by molar-refractivity contribution is 5.96. The van der Waals surface area contributed by atoms with Crippen molar-refractivity contribution in [3.05, 3.63) is 75.1 Å². The number of carboxylic acid groups (broad SMARTS) is 1. The van der Waals surface area contributed by atoms with E-state index in [0.717, 1.165) is 17.5 Å². The molecule has 0 unspecified atom stereocenters. The van der Waals surface area contributed by atoms with Crippen LogP contribution in [-0.2, 0) is 13.0 Å². The largest absolute Gasteiger partial charge is 0.492 e. The highest BCUT2D eigenvalue weighted by atomic mass is 16.5. The quantitative estimate of drug-likeness (QED) is 0.593. The van der Waals surface area contributed by atoms with Crippen LogP contribution < -0.4 is 10.4 Å². The van der Waals surface area contributed by atoms with Gasteiger partial charge in [-0.3, -0.25) is 4.79 Å². The number of rotatable bonds is 6. The van der Waals surface area contributed by atoms with Crippen molar-refractivity contribution < 1.29 is 23.8 Å². The minimum atomic E-state index is -1.05. The molecule has 166 valence electrons. The molecule has 0 saturated carbocycles. The maximum Gasteiger partial charge on any atom is 0.341 e. The molecule has 3 aromatic rings. The van der Waals surface area contributed by atoms with Crippen LogP contribution in [0.1, 0.15) is 31.8 Å². The van der Waals surface area contributed by atoms with Gasteiger partial charge in [-0.05, 0) is 62.5 Å². The molecule has 0 atom stereocenters. The number of carbonyl (C=O) groups is 2. The number of hydrogen-bond donors (Lipinski definition) is 1. The Balaban J connectivity index is 1.56. The molecule has 0 saturated heterocycles. The van der Waals surface area contributed by atoms with Gasteiger partial charge < -0.3 is 24.1 Å². The first-order valence-electron chi connectivity index (χ1n) is 10.3. The van der Waals surface area contributed by atoms with Crippen molar-refractivity contribution in [1.82, 2.24) is 9.80 Å². The fourth-order valence-electron chi connectivity index (χ4n) is 3.79. The number of fused-ring (bicyclic) bond motifs is 3. The molecule has 1 aliphatic heterocycles. The fourth-order valence-corrected chi connectivity index (χ4v) is 3.79. The highest BCUT2D eigenvalue weighted by Gasteiger charge is 2.26. The third-order valence-corrected chi connectivity index (χ3v) is 5.55. The Morgan fingerprint density at radius 1 is 1.09 bits per heavy atom. The summed E-state index contributed by atoms with van der Waals surface area (Å²) in [6, 6.07) is 11.3. The monoisotopic (exact) mass is 436 g/mol. The molecule has 1 aromatic heterocycles. The predicted octanol–water partition coefficient (Wildman–Crippen LogP) is 2.63. The number of aromatic carboxylic acids is 1. The van der Waals surface area contributed by atoms with E-state index in [4.69, 9.17) is 14.3 Å². The smallest absolute Gasteiger partial charge is 0.341 e. The predicted molar refractivity (Wildman–Crippen MR) is 118 cm³/mol. The molecule has 0 fully saturated rings. The van der Waals surface area contributed by atoms with Crippen LogP contribution in [0.3, 0.4) is 0 Å². The summed E-state index contributed by atoms with van der Waals surface area (Å²) in [5.41, 5.74) is 1.87. The Hall–Kier alpha value is -3.65. The van der Waals surface area contributed by atoms with Crippen molar-refractivity contribution >= 4 is 22.8 Å². The minimum absolute atomic E-state index is 0.114. The summed E-state index contributed by atoms with van der Waals surface area (Å²) in [7, 11) is 3.93. The van der Waals surface area contributed by atoms with Crippen LogP contribution in [0.2, 0.25) is 0 Å². The third kappa shape index (κ3) is 4.36. The molecule has 1 amide bonds. The summed E-state index contributed by atoms with van der Waals surface area (Å²) in [6.45, 7) is 1.90. The first-order valence-corrected chi connectivity index (χ1v) is 10.3. The Bertz CT molecular complexity index is 1230. The Morgan fingerprint density at radius 2 is 1.81 bits per heavy atom. The lowest BCUT2D eigenvalue weighted by atomic mass is 9.97. The van der Waals surface area contributed by atoms with Crippen LogP contribution in [-0.4, -0.2) is 60.6 Å². The highest BCUT2D eigenvalue weighted by Crippen LogP contribution is 2.28. The van der Waals surface area contributed by atoms with Crippen LogP contribution in [0.25, 0.3) is 11.0 Å². The van der Waals surface area contributed by atoms with E-state index in [-0.39, 0.29) is 18.0 Å². The molecule has 1 aliphatic rings. The zero-order valence-electron chi connectivity index (χ0n) is 18.0. The number of ether oxygens (including phenoxy) is 1. The van der Waals surface area contributed by atoms with Crippen molar-refractivity contribution in [1.29, 1.82) is 0 Å². The van der Waals surface area contributed by atoms with Gasteiger partial charge in [0.1, 0.15) is 17.9 Å². The van der Waals surface area contributed by atoms with E-state index in [1.807, 2.05) is 31.1 Å². The van der Waals surface area contributed by atoms with Crippen LogP contribution in [0.4, 0.5) is 0 Å². The van der Waals surface area contributed by atoms with Gasteiger partial charge >= 0.3 is 11.6 Å². The number of likely N-dealkylation sites (N-methyl/N-ethyl adjacent to an activating group) is 1. The molecule has 0 spiro atoms. The lowest BCUT2D eigenvalue weighted by Gasteiger charge is -2.28. The molecule has 4 rings (SSSR count). The molecule has 0 bridgehead atoms. The van der Waals surface area contributed by atoms with Crippen molar-refractivity contribution in [3.63, 3.8) is 0 Å². The Morgan fingerprint density at radius 3 is 2.50 bits per heavy atom. The van der Waals surface area contributed by atoms with Crippen LogP contribution in [0.5, 0.6) is 5.75 Å². The number of nitrogens with zero attached hydrogens (tertiary/aromatic N) is 2. The molecule has 2 heterocycles. The van der Waals surface area contributed by atoms with Crippen LogP contribution in [0, 0.1) is 0 Å². The fraction of sp³-hybridized carbons (Fsp3) is 0.292. The molecule has 1 N–H and O–H groups in total. The van der Waals surface area contributed by atoms with E-state index < -0.39 is 11.6 Å². The number of carboxylic acids is 1. The lowest BCUT2D eigenvalue weighted by Crippen LogP contribution is -2.38. The van der Waals surface area contributed by atoms with Crippen molar-refractivity contribution in [3.8, 4) is 5.75 Å². The molecule has 0 aliphatic carbocycles. The van der Waals surface area contributed by atoms with Gasteiger partial charge in [-0.1, -0.05) is 0 Å². The molecule has 8 nitrogen and oxygen atoms in total. The number of carbonyl (C=O) groups excluding carboxylic acids is 1. The normalized spacial score (nSPS) is 13.3. The second-order valence-electron chi connectivity index (χ2n) is 8.02. The zero-order valence-corrected chi connectivity index (χ0v) is 18.0. The number of amides is 1. The van der Waals surface area contributed by atoms with Crippen LogP contribution in [0.15, 0.2) is 51.7 Å². The van der Waals surface area contributed by atoms with Gasteiger partial charge in [-0.2, -0.15) is 0 Å². The van der Waals surface area contributed by atoms with Gasteiger partial charge in [0, 0.05) is 30.1 Å². The second kappa shape index (κ2) is 8.84. The van der Waals surface area contributed by atoms with Crippen molar-refractivity contribution in [2.24, 2.45) is 0 Å². The SMILES string of the molecule is CN(C)CCOc1ccc2c3c(c(=O)oc2c1)CN(C(=O)c1ccc(C(=O)O)cc1)CC3. The van der Waals surface area contributed by atoms with E-state index in [1.165, 1.54) is 24.3 Å².